The maximum absolute atomic E-state index is 13.5. The van der Waals surface area contributed by atoms with Crippen molar-refractivity contribution in [3.8, 4) is 6.07 Å². The SMILES string of the molecule is [2H]C([2H])([2H])n1c(=O)cc(N2C([2H])([2H])C([2H])([2H])C([2H])([2H])[C@@]([2H])(C)C2([2H])[2H])n(C([2H])([2H])c2ccccc2C#N)c1=O. The van der Waals surface area contributed by atoms with Crippen LogP contribution in [0.2, 0.25) is 0 Å². The molecule has 1 saturated heterocycles. The second-order valence-electron chi connectivity index (χ2n) is 5.00. The average molecular weight is 352 g/mol. The summed E-state index contributed by atoms with van der Waals surface area (Å²) < 4.78 is 115. The summed E-state index contributed by atoms with van der Waals surface area (Å²) in [6.07, 6.45) is -7.26. The molecule has 6 nitrogen and oxygen atoms in total. The molecule has 2 heterocycles. The van der Waals surface area contributed by atoms with Gasteiger partial charge >= 0.3 is 5.69 Å². The van der Waals surface area contributed by atoms with Gasteiger partial charge in [0.1, 0.15) is 5.82 Å². The van der Waals surface area contributed by atoms with E-state index in [0.717, 1.165) is 12.1 Å². The van der Waals surface area contributed by atoms with Crippen molar-refractivity contribution in [2.24, 2.45) is 12.9 Å². The largest absolute Gasteiger partial charge is 0.357 e. The number of hydrogen-bond acceptors (Lipinski definition) is 4. The molecule has 1 aromatic carbocycles. The molecule has 1 aliphatic rings. The predicted octanol–water partition coefficient (Wildman–Crippen LogP) is 1.70. The molecule has 6 heteroatoms. The van der Waals surface area contributed by atoms with Crippen molar-refractivity contribution in [1.82, 2.24) is 9.13 Å². The lowest BCUT2D eigenvalue weighted by molar-refractivity contribution is 0.437. The first kappa shape index (κ1) is 6.83. The van der Waals surface area contributed by atoms with Gasteiger partial charge in [-0.1, -0.05) is 25.1 Å². The molecule has 1 atom stereocenters. The van der Waals surface area contributed by atoms with Crippen LogP contribution in [0.25, 0.3) is 0 Å². The van der Waals surface area contributed by atoms with Gasteiger partial charge < -0.3 is 4.90 Å². The number of nitriles is 1. The van der Waals surface area contributed by atoms with Gasteiger partial charge in [0.2, 0.25) is 0 Å². The third kappa shape index (κ3) is 3.36. The van der Waals surface area contributed by atoms with Crippen molar-refractivity contribution in [2.75, 3.05) is 17.9 Å². The van der Waals surface area contributed by atoms with Crippen molar-refractivity contribution in [3.05, 3.63) is 62.3 Å². The maximum Gasteiger partial charge on any atom is 0.332 e. The van der Waals surface area contributed by atoms with E-state index in [2.05, 4.69) is 0 Å². The Hall–Kier alpha value is -2.81. The Morgan fingerprint density at radius 3 is 3.04 bits per heavy atom. The summed E-state index contributed by atoms with van der Waals surface area (Å²) >= 11 is 0. The number of aromatic nitrogens is 2. The van der Waals surface area contributed by atoms with Crippen LogP contribution < -0.4 is 16.1 Å². The first-order valence-corrected chi connectivity index (χ1v) is 7.05. The van der Waals surface area contributed by atoms with Crippen LogP contribution in [0.15, 0.2) is 39.9 Å². The predicted molar refractivity (Wildman–Crippen MR) is 96.8 cm³/mol. The van der Waals surface area contributed by atoms with Gasteiger partial charge in [-0.3, -0.25) is 13.9 Å². The zero-order valence-electron chi connectivity index (χ0n) is 27.0. The first-order valence-electron chi connectivity index (χ1n) is 14.0. The van der Waals surface area contributed by atoms with Gasteiger partial charge in [0.05, 0.1) is 20.9 Å². The smallest absolute Gasteiger partial charge is 0.332 e. The first-order chi connectivity index (χ1) is 17.3. The Kier molecular flexibility index (Phi) is 1.91. The van der Waals surface area contributed by atoms with E-state index in [-0.39, 0.29) is 25.7 Å². The van der Waals surface area contributed by atoms with Gasteiger partial charge in [0.25, 0.3) is 5.56 Å². The fourth-order valence-corrected chi connectivity index (χ4v) is 2.12. The maximum atomic E-state index is 13.5. The van der Waals surface area contributed by atoms with Crippen molar-refractivity contribution in [2.45, 2.75) is 26.2 Å². The summed E-state index contributed by atoms with van der Waals surface area (Å²) in [7, 11) is 0. The van der Waals surface area contributed by atoms with Crippen molar-refractivity contribution < 1.29 is 19.2 Å². The standard InChI is InChI=1S/C19H22N4O2/c1-14-6-5-9-22(12-14)17-10-18(24)21(2)19(25)23(17)13-16-8-4-3-7-15(16)11-20/h3-4,7-8,10,14H,5-6,9,12-13H2,1-2H3/t14-/m1/s1/i2D3,5D2,6D2,9D2,12D2,13D2,14D. The van der Waals surface area contributed by atoms with Crippen molar-refractivity contribution in [3.63, 3.8) is 0 Å². The lowest BCUT2D eigenvalue weighted by Gasteiger charge is -2.34. The van der Waals surface area contributed by atoms with E-state index < -0.39 is 67.7 Å². The molecule has 130 valence electrons. The highest BCUT2D eigenvalue weighted by Crippen LogP contribution is 2.22. The molecular weight excluding hydrogens is 316 g/mol. The summed E-state index contributed by atoms with van der Waals surface area (Å²) in [6.45, 7) is -13.6. The third-order valence-corrected chi connectivity index (χ3v) is 3.29. The topological polar surface area (TPSA) is 71.0 Å². The molecule has 0 aliphatic carbocycles. The number of rotatable bonds is 3. The van der Waals surface area contributed by atoms with E-state index >= 15 is 0 Å². The summed E-state index contributed by atoms with van der Waals surface area (Å²) in [5, 5.41) is 9.51. The second-order valence-corrected chi connectivity index (χ2v) is 5.00. The van der Waals surface area contributed by atoms with E-state index in [0.29, 0.717) is 6.92 Å². The van der Waals surface area contributed by atoms with Crippen LogP contribution in [-0.2, 0) is 13.5 Å². The van der Waals surface area contributed by atoms with Crippen molar-refractivity contribution >= 4 is 5.82 Å². The quantitative estimate of drug-likeness (QED) is 0.843. The summed E-state index contributed by atoms with van der Waals surface area (Å²) in [4.78, 5) is 26.2. The lowest BCUT2D eigenvalue weighted by Crippen LogP contribution is -2.44. The summed E-state index contributed by atoms with van der Waals surface area (Å²) in [6, 6.07) is 6.65. The Labute approximate surface area is 166 Å². The molecule has 3 rings (SSSR count). The van der Waals surface area contributed by atoms with Crippen LogP contribution in [-0.4, -0.2) is 22.1 Å². The van der Waals surface area contributed by atoms with Gasteiger partial charge in [0.15, 0.2) is 0 Å². The van der Waals surface area contributed by atoms with E-state index in [1.807, 2.05) is 0 Å². The van der Waals surface area contributed by atoms with Crippen LogP contribution in [0.3, 0.4) is 0 Å². The molecule has 0 radical (unpaired) electrons. The van der Waals surface area contributed by atoms with Crippen LogP contribution in [0, 0.1) is 17.2 Å². The summed E-state index contributed by atoms with van der Waals surface area (Å²) in [5.74, 6) is -4.48. The number of hydrogen-bond donors (Lipinski definition) is 0. The second kappa shape index (κ2) is 6.98. The number of anilines is 1. The minimum Gasteiger partial charge on any atom is -0.357 e. The zero-order chi connectivity index (χ0) is 30.4. The fraction of sp³-hybridized carbons (Fsp3) is 0.421. The highest BCUT2D eigenvalue weighted by molar-refractivity contribution is 5.42. The number of benzene rings is 1. The molecule has 1 fully saturated rings. The summed E-state index contributed by atoms with van der Waals surface area (Å²) in [5.41, 5.74) is -4.53. The molecule has 1 aliphatic heterocycles. The van der Waals surface area contributed by atoms with Gasteiger partial charge in [-0.15, -0.1) is 0 Å². The van der Waals surface area contributed by atoms with Crippen molar-refractivity contribution in [1.29, 1.82) is 5.26 Å². The molecule has 0 unspecified atom stereocenters. The monoisotopic (exact) mass is 352 g/mol. The van der Waals surface area contributed by atoms with Crippen LogP contribution in [0.4, 0.5) is 5.82 Å². The molecule has 0 bridgehead atoms. The number of nitrogens with zero attached hydrogens (tertiary/aromatic N) is 4. The molecule has 0 spiro atoms. The Morgan fingerprint density at radius 1 is 1.48 bits per heavy atom. The minimum absolute atomic E-state index is 0.111. The van der Waals surface area contributed by atoms with Crippen LogP contribution in [0.1, 0.15) is 50.0 Å². The Morgan fingerprint density at radius 2 is 2.28 bits per heavy atom. The Balaban J connectivity index is 2.63. The highest BCUT2D eigenvalue weighted by Gasteiger charge is 2.21. The molecular formula is C19H22N4O2. The van der Waals surface area contributed by atoms with E-state index in [4.69, 9.17) is 19.2 Å². The molecule has 25 heavy (non-hydrogen) atoms. The van der Waals surface area contributed by atoms with E-state index in [1.165, 1.54) is 12.1 Å². The molecule has 0 saturated carbocycles. The normalized spacial score (nSPS) is 37.7. The number of piperidine rings is 1. The van der Waals surface area contributed by atoms with Gasteiger partial charge in [-0.2, -0.15) is 5.26 Å². The minimum atomic E-state index is -3.81. The van der Waals surface area contributed by atoms with Gasteiger partial charge in [0, 0.05) is 42.5 Å². The molecule has 0 N–H and O–H groups in total. The van der Waals surface area contributed by atoms with E-state index in [9.17, 15) is 14.9 Å². The Bertz CT molecular complexity index is 1450. The molecule has 2 aromatic rings. The molecule has 0 amide bonds. The average Bonchev–Trinajstić information content (AvgIpc) is 2.76. The van der Waals surface area contributed by atoms with Crippen LogP contribution in [0.5, 0.6) is 0 Å². The fourth-order valence-electron chi connectivity index (χ4n) is 2.12. The lowest BCUT2D eigenvalue weighted by atomic mass is 10.0. The highest BCUT2D eigenvalue weighted by atomic mass is 16.2. The third-order valence-electron chi connectivity index (χ3n) is 3.29. The molecule has 1 aromatic heterocycles. The van der Waals surface area contributed by atoms with Gasteiger partial charge in [-0.05, 0) is 30.3 Å². The van der Waals surface area contributed by atoms with E-state index in [1.54, 1.807) is 6.07 Å². The van der Waals surface area contributed by atoms with Gasteiger partial charge in [-0.25, -0.2) is 4.79 Å². The zero-order valence-corrected chi connectivity index (χ0v) is 13.0. The van der Waals surface area contributed by atoms with Crippen LogP contribution >= 0.6 is 0 Å².